The lowest BCUT2D eigenvalue weighted by Crippen LogP contribution is -2.38. The maximum atomic E-state index is 12.1. The number of hydrogen-bond acceptors (Lipinski definition) is 3. The van der Waals surface area contributed by atoms with Gasteiger partial charge in [-0.05, 0) is 45.0 Å². The van der Waals surface area contributed by atoms with Gasteiger partial charge in [-0.2, -0.15) is 5.10 Å². The highest BCUT2D eigenvalue weighted by atomic mass is 16.2. The third kappa shape index (κ3) is 3.40. The van der Waals surface area contributed by atoms with Crippen molar-refractivity contribution in [3.05, 3.63) is 42.6 Å². The van der Waals surface area contributed by atoms with Crippen LogP contribution in [0.1, 0.15) is 19.5 Å². The summed E-state index contributed by atoms with van der Waals surface area (Å²) < 4.78 is 3.94. The van der Waals surface area contributed by atoms with Crippen molar-refractivity contribution >= 4 is 22.6 Å². The van der Waals surface area contributed by atoms with Gasteiger partial charge in [0.25, 0.3) is 0 Å². The summed E-state index contributed by atoms with van der Waals surface area (Å²) in [6.45, 7) is 7.65. The molecule has 0 spiro atoms. The average Bonchev–Trinajstić information content (AvgIpc) is 3.12. The minimum atomic E-state index is -0.228. The second-order valence-corrected chi connectivity index (χ2v) is 5.92. The van der Waals surface area contributed by atoms with E-state index in [4.69, 9.17) is 0 Å². The van der Waals surface area contributed by atoms with Crippen molar-refractivity contribution in [2.45, 2.75) is 39.9 Å². The number of anilines is 1. The minimum Gasteiger partial charge on any atom is -0.345 e. The van der Waals surface area contributed by atoms with Crippen LogP contribution >= 0.6 is 0 Å². The minimum absolute atomic E-state index is 0.0566. The van der Waals surface area contributed by atoms with Gasteiger partial charge in [0.05, 0.1) is 6.54 Å². The maximum absolute atomic E-state index is 12.1. The van der Waals surface area contributed by atoms with Crippen molar-refractivity contribution in [2.24, 2.45) is 0 Å². The van der Waals surface area contributed by atoms with E-state index in [0.29, 0.717) is 6.54 Å². The van der Waals surface area contributed by atoms with Gasteiger partial charge < -0.3 is 15.2 Å². The lowest BCUT2D eigenvalue weighted by molar-refractivity contribution is 0.247. The van der Waals surface area contributed by atoms with Gasteiger partial charge >= 0.3 is 6.03 Å². The molecule has 2 amide bonds. The summed E-state index contributed by atoms with van der Waals surface area (Å²) in [6.07, 6.45) is 3.11. The third-order valence-electron chi connectivity index (χ3n) is 3.99. The number of fused-ring (bicyclic) bond motifs is 1. The first-order valence-corrected chi connectivity index (χ1v) is 8.06. The smallest absolute Gasteiger partial charge is 0.319 e. The molecule has 2 aromatic heterocycles. The molecule has 126 valence electrons. The summed E-state index contributed by atoms with van der Waals surface area (Å²) in [7, 11) is 0. The molecule has 0 radical (unpaired) electrons. The molecule has 0 saturated carbocycles. The van der Waals surface area contributed by atoms with E-state index < -0.39 is 0 Å². The molecular formula is C17H22N6O. The number of hydrogen-bond donors (Lipinski definition) is 2. The number of aromatic nitrogens is 4. The van der Waals surface area contributed by atoms with Gasteiger partial charge in [0.15, 0.2) is 0 Å². The van der Waals surface area contributed by atoms with E-state index in [2.05, 4.69) is 45.2 Å². The van der Waals surface area contributed by atoms with Crippen molar-refractivity contribution in [1.82, 2.24) is 24.6 Å². The zero-order valence-electron chi connectivity index (χ0n) is 14.2. The Bertz CT molecular complexity index is 836. The van der Waals surface area contributed by atoms with E-state index >= 15 is 0 Å². The summed E-state index contributed by atoms with van der Waals surface area (Å²) in [4.78, 5) is 16.0. The van der Waals surface area contributed by atoms with Crippen LogP contribution in [0.4, 0.5) is 10.5 Å². The van der Waals surface area contributed by atoms with Gasteiger partial charge in [-0.25, -0.2) is 9.78 Å². The SMILES string of the molecule is CCn1c(C)cc2cc(NC(=O)N[C@H](C)Cn3cncn3)ccc21. The van der Waals surface area contributed by atoms with Crippen molar-refractivity contribution in [3.8, 4) is 0 Å². The number of rotatable bonds is 5. The summed E-state index contributed by atoms with van der Waals surface area (Å²) >= 11 is 0. The Hall–Kier alpha value is -2.83. The molecule has 0 aliphatic carbocycles. The second-order valence-electron chi connectivity index (χ2n) is 5.92. The summed E-state index contributed by atoms with van der Waals surface area (Å²) in [5.41, 5.74) is 3.18. The van der Waals surface area contributed by atoms with Crippen LogP contribution in [0.15, 0.2) is 36.9 Å². The van der Waals surface area contributed by atoms with Crippen molar-refractivity contribution in [3.63, 3.8) is 0 Å². The Morgan fingerprint density at radius 1 is 1.33 bits per heavy atom. The number of carbonyl (C=O) groups is 1. The van der Waals surface area contributed by atoms with Crippen LogP contribution in [0.25, 0.3) is 10.9 Å². The van der Waals surface area contributed by atoms with Crippen LogP contribution in [-0.2, 0) is 13.1 Å². The number of nitrogens with zero attached hydrogens (tertiary/aromatic N) is 4. The Labute approximate surface area is 140 Å². The molecule has 2 heterocycles. The maximum Gasteiger partial charge on any atom is 0.319 e. The van der Waals surface area contributed by atoms with E-state index in [-0.39, 0.29) is 12.1 Å². The predicted octanol–water partition coefficient (Wildman–Crippen LogP) is 2.77. The Kier molecular flexibility index (Phi) is 4.50. The first-order valence-electron chi connectivity index (χ1n) is 8.06. The highest BCUT2D eigenvalue weighted by molar-refractivity contribution is 5.93. The van der Waals surface area contributed by atoms with Gasteiger partial charge in [0.1, 0.15) is 12.7 Å². The molecule has 7 nitrogen and oxygen atoms in total. The van der Waals surface area contributed by atoms with Crippen LogP contribution in [-0.4, -0.2) is 31.4 Å². The van der Waals surface area contributed by atoms with E-state index in [1.54, 1.807) is 11.0 Å². The van der Waals surface area contributed by atoms with Crippen LogP contribution in [0, 0.1) is 6.92 Å². The van der Waals surface area contributed by atoms with Crippen LogP contribution < -0.4 is 10.6 Å². The molecule has 3 rings (SSSR count). The number of aryl methyl sites for hydroxylation is 2. The predicted molar refractivity (Wildman–Crippen MR) is 94.0 cm³/mol. The average molecular weight is 326 g/mol. The fourth-order valence-corrected chi connectivity index (χ4v) is 2.95. The fraction of sp³-hybridized carbons (Fsp3) is 0.353. The Morgan fingerprint density at radius 2 is 2.17 bits per heavy atom. The quantitative estimate of drug-likeness (QED) is 0.757. The highest BCUT2D eigenvalue weighted by Crippen LogP contribution is 2.23. The third-order valence-corrected chi connectivity index (χ3v) is 3.99. The molecular weight excluding hydrogens is 304 g/mol. The molecule has 0 saturated heterocycles. The van der Waals surface area contributed by atoms with E-state index in [9.17, 15) is 4.79 Å². The zero-order valence-corrected chi connectivity index (χ0v) is 14.2. The molecule has 1 aromatic carbocycles. The van der Waals surface area contributed by atoms with Gasteiger partial charge in [0.2, 0.25) is 0 Å². The number of amides is 2. The first-order chi connectivity index (χ1) is 11.6. The van der Waals surface area contributed by atoms with Crippen LogP contribution in [0.3, 0.4) is 0 Å². The molecule has 3 aromatic rings. The van der Waals surface area contributed by atoms with Gasteiger partial charge in [-0.1, -0.05) is 0 Å². The van der Waals surface area contributed by atoms with Crippen LogP contribution in [0.5, 0.6) is 0 Å². The number of nitrogens with one attached hydrogen (secondary N) is 2. The first kappa shape index (κ1) is 16.0. The number of urea groups is 1. The normalized spacial score (nSPS) is 12.3. The highest BCUT2D eigenvalue weighted by Gasteiger charge is 2.10. The van der Waals surface area contributed by atoms with Crippen molar-refractivity contribution in [2.75, 3.05) is 5.32 Å². The molecule has 2 N–H and O–H groups in total. The Balaban J connectivity index is 1.64. The van der Waals surface area contributed by atoms with E-state index in [0.717, 1.165) is 17.6 Å². The monoisotopic (exact) mass is 326 g/mol. The lowest BCUT2D eigenvalue weighted by Gasteiger charge is -2.14. The molecule has 1 atom stereocenters. The summed E-state index contributed by atoms with van der Waals surface area (Å²) in [5.74, 6) is 0. The Morgan fingerprint density at radius 3 is 2.88 bits per heavy atom. The molecule has 0 unspecified atom stereocenters. The van der Waals surface area contributed by atoms with E-state index in [1.165, 1.54) is 17.5 Å². The summed E-state index contributed by atoms with van der Waals surface area (Å²) in [5, 5.41) is 10.9. The number of benzene rings is 1. The topological polar surface area (TPSA) is 76.8 Å². The molecule has 0 bridgehead atoms. The van der Waals surface area contributed by atoms with Gasteiger partial charge in [0, 0.05) is 34.9 Å². The lowest BCUT2D eigenvalue weighted by atomic mass is 10.2. The second kappa shape index (κ2) is 6.74. The summed E-state index contributed by atoms with van der Waals surface area (Å²) in [6, 6.07) is 7.81. The van der Waals surface area contributed by atoms with Crippen molar-refractivity contribution in [1.29, 1.82) is 0 Å². The molecule has 0 aliphatic rings. The van der Waals surface area contributed by atoms with Gasteiger partial charge in [-0.3, -0.25) is 4.68 Å². The van der Waals surface area contributed by atoms with Crippen molar-refractivity contribution < 1.29 is 4.79 Å². The largest absolute Gasteiger partial charge is 0.345 e. The molecule has 7 heteroatoms. The standard InChI is InChI=1S/C17H22N6O/c1-4-23-13(3)7-14-8-15(5-6-16(14)23)21-17(24)20-12(2)9-22-11-18-10-19-22/h5-8,10-12H,4,9H2,1-3H3,(H2,20,21,24)/t12-/m1/s1. The van der Waals surface area contributed by atoms with Gasteiger partial charge in [-0.15, -0.1) is 0 Å². The molecule has 24 heavy (non-hydrogen) atoms. The molecule has 0 fully saturated rings. The van der Waals surface area contributed by atoms with Crippen LogP contribution in [0.2, 0.25) is 0 Å². The molecule has 0 aliphatic heterocycles. The van der Waals surface area contributed by atoms with E-state index in [1.807, 2.05) is 25.1 Å². The number of carbonyl (C=O) groups excluding carboxylic acids is 1. The zero-order chi connectivity index (χ0) is 17.1. The fourth-order valence-electron chi connectivity index (χ4n) is 2.95.